The normalized spacial score (nSPS) is 18.7. The second kappa shape index (κ2) is 4.13. The molecule has 3 nitrogen and oxygen atoms in total. The Bertz CT molecular complexity index is 297. The minimum absolute atomic E-state index is 0.837. The maximum absolute atomic E-state index is 4.33. The van der Waals surface area contributed by atoms with Crippen molar-refractivity contribution < 1.29 is 0 Å². The average Bonchev–Trinajstić information content (AvgIpc) is 2.52. The van der Waals surface area contributed by atoms with Crippen molar-refractivity contribution in [3.8, 4) is 0 Å². The van der Waals surface area contributed by atoms with Gasteiger partial charge in [0.1, 0.15) is 0 Å². The Hall–Kier alpha value is -0.830. The fraction of sp³-hybridized carbons (Fsp3) is 0.727. The zero-order valence-electron chi connectivity index (χ0n) is 9.08. The van der Waals surface area contributed by atoms with Gasteiger partial charge in [0.25, 0.3) is 0 Å². The first kappa shape index (κ1) is 9.71. The summed E-state index contributed by atoms with van der Waals surface area (Å²) in [6.45, 7) is 7.74. The average molecular weight is 193 g/mol. The number of piperidine rings is 1. The predicted molar refractivity (Wildman–Crippen MR) is 57.3 cm³/mol. The number of imidazole rings is 1. The van der Waals surface area contributed by atoms with Gasteiger partial charge in [0.2, 0.25) is 0 Å². The highest BCUT2D eigenvalue weighted by Gasteiger charge is 2.14. The molecule has 1 fully saturated rings. The Kier molecular flexibility index (Phi) is 2.87. The number of rotatable bonds is 2. The van der Waals surface area contributed by atoms with Gasteiger partial charge in [0.05, 0.1) is 12.0 Å². The van der Waals surface area contributed by atoms with Crippen LogP contribution in [0.2, 0.25) is 0 Å². The summed E-state index contributed by atoms with van der Waals surface area (Å²) >= 11 is 0. The molecule has 0 aromatic carbocycles. The molecule has 1 aromatic rings. The summed E-state index contributed by atoms with van der Waals surface area (Å²) in [4.78, 5) is 4.33. The molecule has 78 valence electrons. The predicted octanol–water partition coefficient (Wildman–Crippen LogP) is 1.50. The van der Waals surface area contributed by atoms with Gasteiger partial charge in [0.15, 0.2) is 0 Å². The van der Waals surface area contributed by atoms with E-state index in [2.05, 4.69) is 28.7 Å². The number of nitrogens with zero attached hydrogens (tertiary/aromatic N) is 2. The van der Waals surface area contributed by atoms with Crippen LogP contribution in [0.3, 0.4) is 0 Å². The van der Waals surface area contributed by atoms with Crippen LogP contribution in [-0.2, 0) is 6.54 Å². The molecule has 0 spiro atoms. The van der Waals surface area contributed by atoms with Gasteiger partial charge in [0, 0.05) is 12.2 Å². The molecular weight excluding hydrogens is 174 g/mol. The Morgan fingerprint density at radius 3 is 2.71 bits per heavy atom. The largest absolute Gasteiger partial charge is 0.334 e. The molecule has 3 heteroatoms. The van der Waals surface area contributed by atoms with Gasteiger partial charge >= 0.3 is 0 Å². The lowest BCUT2D eigenvalue weighted by atomic mass is 9.98. The van der Waals surface area contributed by atoms with Crippen LogP contribution in [0.25, 0.3) is 0 Å². The third-order valence-electron chi connectivity index (χ3n) is 3.26. The number of nitrogens with one attached hydrogen (secondary N) is 1. The van der Waals surface area contributed by atoms with E-state index in [0.717, 1.165) is 12.5 Å². The van der Waals surface area contributed by atoms with Crippen molar-refractivity contribution in [2.75, 3.05) is 13.1 Å². The molecule has 0 saturated carbocycles. The van der Waals surface area contributed by atoms with Crippen molar-refractivity contribution in [1.29, 1.82) is 0 Å². The van der Waals surface area contributed by atoms with E-state index in [1.807, 2.05) is 6.33 Å². The van der Waals surface area contributed by atoms with E-state index in [1.165, 1.54) is 37.3 Å². The molecule has 0 bridgehead atoms. The zero-order chi connectivity index (χ0) is 9.97. The molecule has 1 saturated heterocycles. The van der Waals surface area contributed by atoms with Crippen molar-refractivity contribution >= 4 is 0 Å². The van der Waals surface area contributed by atoms with Crippen LogP contribution in [0, 0.1) is 19.8 Å². The standard InChI is InChI=1S/C11H19N3/c1-9-10(2)14(8-13-9)7-11-3-5-12-6-4-11/h8,11-12H,3-7H2,1-2H3. The fourth-order valence-electron chi connectivity index (χ4n) is 2.07. The van der Waals surface area contributed by atoms with E-state index in [1.54, 1.807) is 0 Å². The Labute approximate surface area is 85.5 Å². The molecule has 1 N–H and O–H groups in total. The van der Waals surface area contributed by atoms with E-state index >= 15 is 0 Å². The monoisotopic (exact) mass is 193 g/mol. The number of aryl methyl sites for hydroxylation is 1. The SMILES string of the molecule is Cc1ncn(CC2CCNCC2)c1C. The second-order valence-corrected chi connectivity index (χ2v) is 4.26. The van der Waals surface area contributed by atoms with E-state index in [0.29, 0.717) is 0 Å². The highest BCUT2D eigenvalue weighted by molar-refractivity contribution is 5.08. The lowest BCUT2D eigenvalue weighted by Gasteiger charge is -2.23. The number of hydrogen-bond acceptors (Lipinski definition) is 2. The second-order valence-electron chi connectivity index (χ2n) is 4.26. The first-order chi connectivity index (χ1) is 6.77. The molecule has 0 radical (unpaired) electrons. The van der Waals surface area contributed by atoms with Crippen molar-refractivity contribution in [3.63, 3.8) is 0 Å². The van der Waals surface area contributed by atoms with Gasteiger partial charge in [-0.15, -0.1) is 0 Å². The molecule has 1 aromatic heterocycles. The zero-order valence-corrected chi connectivity index (χ0v) is 9.08. The number of aromatic nitrogens is 2. The van der Waals surface area contributed by atoms with Crippen LogP contribution in [0.15, 0.2) is 6.33 Å². The van der Waals surface area contributed by atoms with E-state index in [-0.39, 0.29) is 0 Å². The van der Waals surface area contributed by atoms with Crippen LogP contribution < -0.4 is 5.32 Å². The fourth-order valence-corrected chi connectivity index (χ4v) is 2.07. The molecule has 0 atom stereocenters. The molecule has 0 unspecified atom stereocenters. The van der Waals surface area contributed by atoms with Gasteiger partial charge in [-0.05, 0) is 45.7 Å². The maximum Gasteiger partial charge on any atom is 0.0951 e. The van der Waals surface area contributed by atoms with E-state index in [4.69, 9.17) is 0 Å². The van der Waals surface area contributed by atoms with Gasteiger partial charge < -0.3 is 9.88 Å². The lowest BCUT2D eigenvalue weighted by Crippen LogP contribution is -2.29. The van der Waals surface area contributed by atoms with Crippen LogP contribution in [-0.4, -0.2) is 22.6 Å². The molecule has 1 aliphatic heterocycles. The molecular formula is C11H19N3. The van der Waals surface area contributed by atoms with Gasteiger partial charge in [-0.2, -0.15) is 0 Å². The Balaban J connectivity index is 1.99. The minimum Gasteiger partial charge on any atom is -0.334 e. The van der Waals surface area contributed by atoms with Crippen molar-refractivity contribution in [3.05, 3.63) is 17.7 Å². The summed E-state index contributed by atoms with van der Waals surface area (Å²) in [7, 11) is 0. The first-order valence-corrected chi connectivity index (χ1v) is 5.46. The third-order valence-corrected chi connectivity index (χ3v) is 3.26. The molecule has 2 heterocycles. The Morgan fingerprint density at radius 2 is 2.14 bits per heavy atom. The third kappa shape index (κ3) is 1.98. The van der Waals surface area contributed by atoms with Crippen LogP contribution >= 0.6 is 0 Å². The summed E-state index contributed by atoms with van der Waals surface area (Å²) in [6, 6.07) is 0. The van der Waals surface area contributed by atoms with E-state index in [9.17, 15) is 0 Å². The molecule has 2 rings (SSSR count). The molecule has 0 amide bonds. The van der Waals surface area contributed by atoms with Crippen molar-refractivity contribution in [1.82, 2.24) is 14.9 Å². The van der Waals surface area contributed by atoms with Crippen LogP contribution in [0.4, 0.5) is 0 Å². The Morgan fingerprint density at radius 1 is 1.43 bits per heavy atom. The summed E-state index contributed by atoms with van der Waals surface area (Å²) in [5.74, 6) is 0.837. The minimum atomic E-state index is 0.837. The number of hydrogen-bond donors (Lipinski definition) is 1. The lowest BCUT2D eigenvalue weighted by molar-refractivity contribution is 0.331. The summed E-state index contributed by atoms with van der Waals surface area (Å²) < 4.78 is 2.30. The highest BCUT2D eigenvalue weighted by Crippen LogP contribution is 2.16. The highest BCUT2D eigenvalue weighted by atomic mass is 15.1. The van der Waals surface area contributed by atoms with Crippen LogP contribution in [0.5, 0.6) is 0 Å². The maximum atomic E-state index is 4.33. The summed E-state index contributed by atoms with van der Waals surface area (Å²) in [5, 5.41) is 3.40. The molecule has 1 aliphatic rings. The van der Waals surface area contributed by atoms with Crippen LogP contribution in [0.1, 0.15) is 24.2 Å². The first-order valence-electron chi connectivity index (χ1n) is 5.46. The van der Waals surface area contributed by atoms with Gasteiger partial charge in [-0.1, -0.05) is 0 Å². The van der Waals surface area contributed by atoms with E-state index < -0.39 is 0 Å². The van der Waals surface area contributed by atoms with Crippen molar-refractivity contribution in [2.24, 2.45) is 5.92 Å². The summed E-state index contributed by atoms with van der Waals surface area (Å²) in [5.41, 5.74) is 2.49. The molecule has 14 heavy (non-hydrogen) atoms. The van der Waals surface area contributed by atoms with Gasteiger partial charge in [-0.3, -0.25) is 0 Å². The van der Waals surface area contributed by atoms with Gasteiger partial charge in [-0.25, -0.2) is 4.98 Å². The molecule has 0 aliphatic carbocycles. The topological polar surface area (TPSA) is 29.9 Å². The van der Waals surface area contributed by atoms with Crippen molar-refractivity contribution in [2.45, 2.75) is 33.2 Å². The quantitative estimate of drug-likeness (QED) is 0.771. The smallest absolute Gasteiger partial charge is 0.0951 e. The summed E-state index contributed by atoms with van der Waals surface area (Å²) in [6.07, 6.45) is 4.58.